The molecular weight excluding hydrogens is 234 g/mol. The van der Waals surface area contributed by atoms with E-state index in [1.165, 1.54) is 6.33 Å². The van der Waals surface area contributed by atoms with Crippen molar-refractivity contribution in [2.45, 2.75) is 13.1 Å². The molecule has 96 valence electrons. The zero-order valence-corrected chi connectivity index (χ0v) is 10.3. The summed E-state index contributed by atoms with van der Waals surface area (Å²) in [5.74, 6) is 1.03. The molecule has 0 bridgehead atoms. The standard InChI is InChI=1S/C11H15N5O2/c1-17-10-9(11(18-2)16-7-15-10)5-12-3-8-4-13-6-14-8/h4,6-7,12H,3,5H2,1-2H3,(H,13,14). The minimum Gasteiger partial charge on any atom is -0.481 e. The van der Waals surface area contributed by atoms with Gasteiger partial charge in [0.1, 0.15) is 6.33 Å². The lowest BCUT2D eigenvalue weighted by Gasteiger charge is -2.11. The third-order valence-corrected chi connectivity index (χ3v) is 2.43. The lowest BCUT2D eigenvalue weighted by atomic mass is 10.3. The average Bonchev–Trinajstić information content (AvgIpc) is 2.92. The van der Waals surface area contributed by atoms with Crippen molar-refractivity contribution in [3.05, 3.63) is 30.1 Å². The molecule has 0 amide bonds. The number of methoxy groups -OCH3 is 2. The molecule has 0 spiro atoms. The molecule has 0 aromatic carbocycles. The number of nitrogens with one attached hydrogen (secondary N) is 2. The molecule has 0 atom stereocenters. The van der Waals surface area contributed by atoms with Gasteiger partial charge in [-0.05, 0) is 0 Å². The van der Waals surface area contributed by atoms with Gasteiger partial charge in [-0.2, -0.15) is 0 Å². The first-order chi connectivity index (χ1) is 8.85. The van der Waals surface area contributed by atoms with Crippen LogP contribution in [0.15, 0.2) is 18.9 Å². The van der Waals surface area contributed by atoms with Crippen molar-refractivity contribution in [1.29, 1.82) is 0 Å². The van der Waals surface area contributed by atoms with Crippen LogP contribution < -0.4 is 14.8 Å². The van der Waals surface area contributed by atoms with Crippen LogP contribution in [0.3, 0.4) is 0 Å². The Hall–Kier alpha value is -2.15. The number of hydrogen-bond acceptors (Lipinski definition) is 6. The molecule has 2 heterocycles. The Morgan fingerprint density at radius 1 is 1.17 bits per heavy atom. The van der Waals surface area contributed by atoms with Crippen LogP contribution in [0.25, 0.3) is 0 Å². The Labute approximate surface area is 105 Å². The Morgan fingerprint density at radius 3 is 2.44 bits per heavy atom. The quantitative estimate of drug-likeness (QED) is 0.775. The lowest BCUT2D eigenvalue weighted by Crippen LogP contribution is -2.15. The summed E-state index contributed by atoms with van der Waals surface area (Å²) in [7, 11) is 3.14. The van der Waals surface area contributed by atoms with Crippen LogP contribution in [0.1, 0.15) is 11.3 Å². The van der Waals surface area contributed by atoms with E-state index in [0.717, 1.165) is 11.3 Å². The summed E-state index contributed by atoms with van der Waals surface area (Å²) in [5, 5.41) is 3.24. The Bertz CT molecular complexity index is 464. The fraction of sp³-hybridized carbons (Fsp3) is 0.364. The van der Waals surface area contributed by atoms with E-state index in [-0.39, 0.29) is 0 Å². The number of aromatic nitrogens is 4. The topological polar surface area (TPSA) is 85.0 Å². The van der Waals surface area contributed by atoms with Crippen molar-refractivity contribution in [2.75, 3.05) is 14.2 Å². The van der Waals surface area contributed by atoms with Crippen LogP contribution in [0.2, 0.25) is 0 Å². The number of rotatable bonds is 6. The number of nitrogens with zero attached hydrogens (tertiary/aromatic N) is 3. The van der Waals surface area contributed by atoms with Crippen LogP contribution in [-0.2, 0) is 13.1 Å². The molecule has 0 saturated carbocycles. The smallest absolute Gasteiger partial charge is 0.224 e. The summed E-state index contributed by atoms with van der Waals surface area (Å²) < 4.78 is 10.4. The molecule has 7 nitrogen and oxygen atoms in total. The lowest BCUT2D eigenvalue weighted by molar-refractivity contribution is 0.359. The van der Waals surface area contributed by atoms with E-state index in [4.69, 9.17) is 9.47 Å². The zero-order valence-electron chi connectivity index (χ0n) is 10.3. The van der Waals surface area contributed by atoms with Crippen LogP contribution >= 0.6 is 0 Å². The fourth-order valence-corrected chi connectivity index (χ4v) is 1.59. The van der Waals surface area contributed by atoms with Crippen molar-refractivity contribution < 1.29 is 9.47 Å². The summed E-state index contributed by atoms with van der Waals surface area (Å²) in [6.45, 7) is 1.22. The van der Waals surface area contributed by atoms with Crippen LogP contribution in [0.4, 0.5) is 0 Å². The molecule has 2 aromatic rings. The molecule has 0 aliphatic carbocycles. The van der Waals surface area contributed by atoms with E-state index < -0.39 is 0 Å². The largest absolute Gasteiger partial charge is 0.481 e. The molecule has 2 rings (SSSR count). The van der Waals surface area contributed by atoms with Gasteiger partial charge >= 0.3 is 0 Å². The van der Waals surface area contributed by atoms with Gasteiger partial charge in [-0.25, -0.2) is 15.0 Å². The van der Waals surface area contributed by atoms with Gasteiger partial charge in [-0.3, -0.25) is 0 Å². The van der Waals surface area contributed by atoms with Crippen molar-refractivity contribution in [1.82, 2.24) is 25.3 Å². The van der Waals surface area contributed by atoms with Gasteiger partial charge in [0, 0.05) is 25.0 Å². The van der Waals surface area contributed by atoms with Gasteiger partial charge < -0.3 is 19.8 Å². The SMILES string of the molecule is COc1ncnc(OC)c1CNCc1cnc[nH]1. The van der Waals surface area contributed by atoms with E-state index in [0.29, 0.717) is 24.8 Å². The van der Waals surface area contributed by atoms with E-state index >= 15 is 0 Å². The highest BCUT2D eigenvalue weighted by Gasteiger charge is 2.12. The first-order valence-corrected chi connectivity index (χ1v) is 5.45. The minimum atomic E-state index is 0.513. The van der Waals surface area contributed by atoms with Gasteiger partial charge in [0.25, 0.3) is 0 Å². The molecule has 2 aromatic heterocycles. The number of H-pyrrole nitrogens is 1. The molecular formula is C11H15N5O2. The summed E-state index contributed by atoms with van der Waals surface area (Å²) in [5.41, 5.74) is 1.80. The second-order valence-corrected chi connectivity index (χ2v) is 3.55. The molecule has 0 aliphatic rings. The Kier molecular flexibility index (Phi) is 4.08. The predicted molar refractivity (Wildman–Crippen MR) is 64.3 cm³/mol. The van der Waals surface area contributed by atoms with Crippen molar-refractivity contribution in [2.24, 2.45) is 0 Å². The van der Waals surface area contributed by atoms with Gasteiger partial charge in [-0.15, -0.1) is 0 Å². The highest BCUT2D eigenvalue weighted by Crippen LogP contribution is 2.22. The van der Waals surface area contributed by atoms with Gasteiger partial charge in [0.15, 0.2) is 0 Å². The minimum absolute atomic E-state index is 0.513. The molecule has 0 radical (unpaired) electrons. The van der Waals surface area contributed by atoms with Gasteiger partial charge in [-0.1, -0.05) is 0 Å². The Balaban J connectivity index is 2.03. The summed E-state index contributed by atoms with van der Waals surface area (Å²) in [6.07, 6.45) is 4.82. The molecule has 0 unspecified atom stereocenters. The number of ether oxygens (including phenoxy) is 2. The maximum atomic E-state index is 5.18. The number of imidazole rings is 1. The highest BCUT2D eigenvalue weighted by atomic mass is 16.5. The monoisotopic (exact) mass is 249 g/mol. The number of hydrogen-bond donors (Lipinski definition) is 2. The highest BCUT2D eigenvalue weighted by molar-refractivity contribution is 5.34. The van der Waals surface area contributed by atoms with Crippen LogP contribution in [-0.4, -0.2) is 34.2 Å². The zero-order chi connectivity index (χ0) is 12.8. The van der Waals surface area contributed by atoms with E-state index in [9.17, 15) is 0 Å². The maximum absolute atomic E-state index is 5.18. The average molecular weight is 249 g/mol. The second-order valence-electron chi connectivity index (χ2n) is 3.55. The number of aromatic amines is 1. The third kappa shape index (κ3) is 2.75. The van der Waals surface area contributed by atoms with Gasteiger partial charge in [0.05, 0.1) is 26.1 Å². The molecule has 0 saturated heterocycles. The summed E-state index contributed by atoms with van der Waals surface area (Å²) >= 11 is 0. The third-order valence-electron chi connectivity index (χ3n) is 2.43. The van der Waals surface area contributed by atoms with E-state index in [1.807, 2.05) is 0 Å². The normalized spacial score (nSPS) is 10.3. The maximum Gasteiger partial charge on any atom is 0.224 e. The van der Waals surface area contributed by atoms with Crippen molar-refractivity contribution in [3.8, 4) is 11.8 Å². The van der Waals surface area contributed by atoms with Crippen molar-refractivity contribution >= 4 is 0 Å². The second kappa shape index (κ2) is 5.97. The molecule has 7 heteroatoms. The predicted octanol–water partition coefficient (Wildman–Crippen LogP) is 0.507. The van der Waals surface area contributed by atoms with Gasteiger partial charge in [0.2, 0.25) is 11.8 Å². The van der Waals surface area contributed by atoms with Crippen LogP contribution in [0.5, 0.6) is 11.8 Å². The molecule has 18 heavy (non-hydrogen) atoms. The van der Waals surface area contributed by atoms with Crippen LogP contribution in [0, 0.1) is 0 Å². The molecule has 2 N–H and O–H groups in total. The first-order valence-electron chi connectivity index (χ1n) is 5.45. The summed E-state index contributed by atoms with van der Waals surface area (Å²) in [4.78, 5) is 15.1. The summed E-state index contributed by atoms with van der Waals surface area (Å²) in [6, 6.07) is 0. The first kappa shape index (κ1) is 12.3. The molecule has 0 fully saturated rings. The Morgan fingerprint density at radius 2 is 1.89 bits per heavy atom. The fourth-order valence-electron chi connectivity index (χ4n) is 1.59. The van der Waals surface area contributed by atoms with E-state index in [1.54, 1.807) is 26.7 Å². The molecule has 0 aliphatic heterocycles. The van der Waals surface area contributed by atoms with E-state index in [2.05, 4.69) is 25.3 Å². The van der Waals surface area contributed by atoms with Crippen molar-refractivity contribution in [3.63, 3.8) is 0 Å².